The van der Waals surface area contributed by atoms with Crippen molar-refractivity contribution in [2.45, 2.75) is 82.5 Å². The number of hydrogen-bond acceptors (Lipinski definition) is 4. The minimum Gasteiger partial charge on any atom is -0.489 e. The molecule has 5 aliphatic rings. The van der Waals surface area contributed by atoms with Crippen molar-refractivity contribution in [2.24, 2.45) is 5.41 Å². The van der Waals surface area contributed by atoms with E-state index in [2.05, 4.69) is 40.8 Å². The summed E-state index contributed by atoms with van der Waals surface area (Å²) >= 11 is 0. The first-order valence-electron chi connectivity index (χ1n) is 14.5. The fourth-order valence-corrected chi connectivity index (χ4v) is 8.17. The topological polar surface area (TPSA) is 55.3 Å². The molecule has 0 spiro atoms. The molecule has 0 radical (unpaired) electrons. The van der Waals surface area contributed by atoms with Crippen molar-refractivity contribution in [1.29, 1.82) is 5.26 Å². The van der Waals surface area contributed by atoms with Crippen LogP contribution in [0.15, 0.2) is 36.4 Å². The first-order chi connectivity index (χ1) is 18.9. The van der Waals surface area contributed by atoms with Gasteiger partial charge in [0.15, 0.2) is 0 Å². The molecule has 3 aliphatic carbocycles. The summed E-state index contributed by atoms with van der Waals surface area (Å²) in [6.07, 6.45) is 6.22. The van der Waals surface area contributed by atoms with E-state index in [0.717, 1.165) is 86.7 Å². The fraction of sp³-hybridized carbons (Fsp3) is 0.531. The molecule has 1 aromatic heterocycles. The van der Waals surface area contributed by atoms with Gasteiger partial charge >= 0.3 is 0 Å². The number of likely N-dealkylation sites (tertiary alicyclic amines) is 1. The van der Waals surface area contributed by atoms with Crippen LogP contribution in [0, 0.1) is 28.4 Å². The van der Waals surface area contributed by atoms with Crippen LogP contribution in [0.1, 0.15) is 75.2 Å². The first-order valence-corrected chi connectivity index (χ1v) is 14.5. The van der Waals surface area contributed by atoms with Crippen LogP contribution in [0.5, 0.6) is 5.75 Å². The summed E-state index contributed by atoms with van der Waals surface area (Å²) in [5.74, 6) is -0.875. The average molecular weight is 531 g/mol. The molecule has 1 N–H and O–H groups in total. The molecule has 2 aromatic carbocycles. The van der Waals surface area contributed by atoms with Crippen LogP contribution in [0.2, 0.25) is 0 Å². The number of aromatic amines is 1. The van der Waals surface area contributed by atoms with Crippen molar-refractivity contribution in [3.8, 4) is 11.8 Å². The third-order valence-corrected chi connectivity index (χ3v) is 9.85. The molecule has 4 fully saturated rings. The van der Waals surface area contributed by atoms with Crippen molar-refractivity contribution in [2.75, 3.05) is 19.6 Å². The van der Waals surface area contributed by atoms with Crippen LogP contribution >= 0.6 is 0 Å². The van der Waals surface area contributed by atoms with E-state index >= 15 is 8.78 Å². The lowest BCUT2D eigenvalue weighted by Gasteiger charge is -2.73. The van der Waals surface area contributed by atoms with Gasteiger partial charge in [0.2, 0.25) is 0 Å². The van der Waals surface area contributed by atoms with E-state index in [4.69, 9.17) is 4.74 Å². The summed E-state index contributed by atoms with van der Waals surface area (Å²) in [6.45, 7) is 7.13. The molecule has 3 atom stereocenters. The maximum absolute atomic E-state index is 16.1. The van der Waals surface area contributed by atoms with Gasteiger partial charge in [-0.2, -0.15) is 5.26 Å². The highest BCUT2D eigenvalue weighted by molar-refractivity contribution is 5.85. The molecule has 2 bridgehead atoms. The molecular formula is C32H36F2N4O. The fourth-order valence-electron chi connectivity index (χ4n) is 8.17. The van der Waals surface area contributed by atoms with E-state index in [1.807, 2.05) is 18.2 Å². The van der Waals surface area contributed by atoms with Crippen molar-refractivity contribution in [3.63, 3.8) is 0 Å². The smallest absolute Gasteiger partial charge is 0.135 e. The highest BCUT2D eigenvalue weighted by Crippen LogP contribution is 2.72. The summed E-state index contributed by atoms with van der Waals surface area (Å²) in [7, 11) is 0. The monoisotopic (exact) mass is 530 g/mol. The lowest BCUT2D eigenvalue weighted by molar-refractivity contribution is -0.212. The Morgan fingerprint density at radius 3 is 2.62 bits per heavy atom. The van der Waals surface area contributed by atoms with Crippen molar-refractivity contribution in [1.82, 2.24) is 14.8 Å². The number of nitriles is 1. The lowest BCUT2D eigenvalue weighted by atomic mass is 9.39. The number of unbranched alkanes of at least 4 members (excludes halogenated alkanes) is 1. The Morgan fingerprint density at radius 1 is 1.15 bits per heavy atom. The van der Waals surface area contributed by atoms with Crippen LogP contribution in [-0.4, -0.2) is 52.1 Å². The maximum atomic E-state index is 16.1. The third kappa shape index (κ3) is 3.82. The Kier molecular flexibility index (Phi) is 5.81. The Bertz CT molecular complexity index is 1430. The van der Waals surface area contributed by atoms with Gasteiger partial charge in [-0.1, -0.05) is 31.5 Å². The van der Waals surface area contributed by atoms with Gasteiger partial charge in [-0.3, -0.25) is 9.80 Å². The number of nitrogens with zero attached hydrogens (tertiary/aromatic N) is 3. The van der Waals surface area contributed by atoms with E-state index in [0.29, 0.717) is 0 Å². The number of ether oxygens (including phenoxy) is 1. The van der Waals surface area contributed by atoms with E-state index < -0.39 is 17.7 Å². The summed E-state index contributed by atoms with van der Waals surface area (Å²) < 4.78 is 38.3. The van der Waals surface area contributed by atoms with E-state index in [9.17, 15) is 5.26 Å². The van der Waals surface area contributed by atoms with Crippen molar-refractivity contribution >= 4 is 10.9 Å². The molecule has 3 saturated carbocycles. The summed E-state index contributed by atoms with van der Waals surface area (Å²) in [4.78, 5) is 8.24. The Labute approximate surface area is 228 Å². The number of hydrogen-bond donors (Lipinski definition) is 1. The van der Waals surface area contributed by atoms with Crippen LogP contribution in [0.3, 0.4) is 0 Å². The maximum Gasteiger partial charge on any atom is 0.135 e. The summed E-state index contributed by atoms with van der Waals surface area (Å²) in [6, 6.07) is 12.9. The highest BCUT2D eigenvalue weighted by Gasteiger charge is 2.72. The van der Waals surface area contributed by atoms with Gasteiger partial charge in [0.05, 0.1) is 17.5 Å². The van der Waals surface area contributed by atoms with Crippen LogP contribution in [0.25, 0.3) is 10.9 Å². The zero-order chi connectivity index (χ0) is 26.9. The molecule has 3 aromatic rings. The predicted molar refractivity (Wildman–Crippen MR) is 147 cm³/mol. The molecule has 0 amide bonds. The number of halogens is 2. The van der Waals surface area contributed by atoms with Crippen LogP contribution in [-0.2, 0) is 6.42 Å². The van der Waals surface area contributed by atoms with Gasteiger partial charge in [0, 0.05) is 59.0 Å². The largest absolute Gasteiger partial charge is 0.489 e. The average Bonchev–Trinajstić information content (AvgIpc) is 3.46. The van der Waals surface area contributed by atoms with Crippen molar-refractivity contribution < 1.29 is 13.5 Å². The number of aromatic nitrogens is 1. The second-order valence-electron chi connectivity index (χ2n) is 12.6. The first kappa shape index (κ1) is 25.0. The Morgan fingerprint density at radius 2 is 1.90 bits per heavy atom. The molecule has 3 heterocycles. The van der Waals surface area contributed by atoms with Gasteiger partial charge in [-0.05, 0) is 63.6 Å². The van der Waals surface area contributed by atoms with Crippen LogP contribution < -0.4 is 4.74 Å². The van der Waals surface area contributed by atoms with E-state index in [-0.39, 0.29) is 34.4 Å². The normalized spacial score (nSPS) is 31.9. The van der Waals surface area contributed by atoms with E-state index in [1.165, 1.54) is 12.1 Å². The molecule has 204 valence electrons. The summed E-state index contributed by atoms with van der Waals surface area (Å²) in [5, 5.41) is 10.8. The van der Waals surface area contributed by atoms with E-state index in [1.54, 1.807) is 0 Å². The van der Waals surface area contributed by atoms with Crippen molar-refractivity contribution in [3.05, 3.63) is 64.9 Å². The second kappa shape index (κ2) is 9.04. The SMILES string of the molecule is CCCCN1CC[C@@H](Oc2cc(F)c([C@@H]3c4[nH]c5ccccc5c4C[C@@H](C)N3C34CC(C#N)(C3)C4)c(F)c2)C1. The standard InChI is InChI=1S/C32H36F2N4O/c1-3-4-10-37-11-9-21(15-37)39-22-13-25(33)28(26(34)14-22)30-29-24(23-7-5-6-8-27(23)36-29)12-20(2)38(30)32-16-31(17-32,18-32)19-35/h5-8,13-14,20-21,30,36H,3-4,9-12,15-18H2,1-2H3/t20-,21-,30-,31?,32?/m1/s1. The molecule has 7 heteroatoms. The van der Waals surface area contributed by atoms with Gasteiger partial charge < -0.3 is 9.72 Å². The molecule has 1 saturated heterocycles. The summed E-state index contributed by atoms with van der Waals surface area (Å²) in [5.41, 5.74) is 2.63. The van der Waals surface area contributed by atoms with Gasteiger partial charge in [0.1, 0.15) is 23.5 Å². The van der Waals surface area contributed by atoms with Gasteiger partial charge in [0.25, 0.3) is 0 Å². The number of benzene rings is 2. The molecule has 39 heavy (non-hydrogen) atoms. The minimum atomic E-state index is -0.585. The van der Waals surface area contributed by atoms with Gasteiger partial charge in [-0.25, -0.2) is 8.78 Å². The Hall–Kier alpha value is -2.95. The quantitative estimate of drug-likeness (QED) is 0.380. The zero-order valence-electron chi connectivity index (χ0n) is 22.8. The molecule has 2 aliphatic heterocycles. The minimum absolute atomic E-state index is 0.0547. The number of para-hydroxylation sites is 1. The molecule has 5 nitrogen and oxygen atoms in total. The lowest BCUT2D eigenvalue weighted by Crippen LogP contribution is -2.76. The zero-order valence-corrected chi connectivity index (χ0v) is 22.8. The number of rotatable bonds is 7. The Balaban J connectivity index is 1.25. The number of fused-ring (bicyclic) bond motifs is 3. The molecule has 0 unspecified atom stereocenters. The van der Waals surface area contributed by atoms with Crippen LogP contribution in [0.4, 0.5) is 8.78 Å². The third-order valence-electron chi connectivity index (χ3n) is 9.85. The molecular weight excluding hydrogens is 494 g/mol. The highest BCUT2D eigenvalue weighted by atomic mass is 19.1. The van der Waals surface area contributed by atoms with Gasteiger partial charge in [-0.15, -0.1) is 0 Å². The second-order valence-corrected chi connectivity index (χ2v) is 12.6. The predicted octanol–water partition coefficient (Wildman–Crippen LogP) is 6.48. The molecule has 8 rings (SSSR count). The number of H-pyrrole nitrogens is 1. The number of nitrogens with one attached hydrogen (secondary N) is 1.